The van der Waals surface area contributed by atoms with Gasteiger partial charge in [0.05, 0.1) is 0 Å². The molecule has 1 aromatic carbocycles. The summed E-state index contributed by atoms with van der Waals surface area (Å²) in [6, 6.07) is 10.6. The molecule has 0 saturated heterocycles. The van der Waals surface area contributed by atoms with E-state index in [1.54, 1.807) is 24.3 Å². The van der Waals surface area contributed by atoms with E-state index in [1.165, 1.54) is 0 Å². The van der Waals surface area contributed by atoms with Crippen LogP contribution in [-0.2, 0) is 0 Å². The van der Waals surface area contributed by atoms with Gasteiger partial charge >= 0.3 is 0 Å². The molecule has 6 nitrogen and oxygen atoms in total. The number of anilines is 3. The molecule has 18 heavy (non-hydrogen) atoms. The summed E-state index contributed by atoms with van der Waals surface area (Å²) >= 11 is 0. The van der Waals surface area contributed by atoms with Crippen LogP contribution in [-0.4, -0.2) is 23.2 Å². The zero-order valence-corrected chi connectivity index (χ0v) is 9.87. The number of nitrogens with two attached hydrogens (primary N) is 2. The van der Waals surface area contributed by atoms with Crippen molar-refractivity contribution in [1.29, 1.82) is 0 Å². The number of benzene rings is 1. The van der Waals surface area contributed by atoms with E-state index in [-0.39, 0.29) is 5.69 Å². The number of carbonyl (C=O) groups excluding carboxylic acids is 1. The van der Waals surface area contributed by atoms with Gasteiger partial charge in [0.2, 0.25) is 0 Å². The average Bonchev–Trinajstić information content (AvgIpc) is 2.39. The fourth-order valence-corrected chi connectivity index (χ4v) is 1.47. The van der Waals surface area contributed by atoms with E-state index in [2.05, 4.69) is 10.2 Å². The highest BCUT2D eigenvalue weighted by Crippen LogP contribution is 2.21. The number of nitrogens with zero attached hydrogens (tertiary/aromatic N) is 3. The van der Waals surface area contributed by atoms with Gasteiger partial charge < -0.3 is 16.4 Å². The van der Waals surface area contributed by atoms with Crippen molar-refractivity contribution in [3.05, 3.63) is 42.1 Å². The van der Waals surface area contributed by atoms with Gasteiger partial charge in [-0.1, -0.05) is 0 Å². The predicted octanol–water partition coefficient (Wildman–Crippen LogP) is 0.926. The monoisotopic (exact) mass is 243 g/mol. The highest BCUT2D eigenvalue weighted by atomic mass is 16.1. The molecule has 0 aliphatic carbocycles. The van der Waals surface area contributed by atoms with Crippen molar-refractivity contribution in [2.45, 2.75) is 0 Å². The summed E-state index contributed by atoms with van der Waals surface area (Å²) in [5.41, 5.74) is 12.5. The predicted molar refractivity (Wildman–Crippen MR) is 69.5 cm³/mol. The van der Waals surface area contributed by atoms with E-state index >= 15 is 0 Å². The minimum absolute atomic E-state index is 0.143. The zero-order chi connectivity index (χ0) is 13.1. The molecule has 2 aromatic rings. The Bertz CT molecular complexity index is 550. The molecule has 1 heterocycles. The number of hydrogen-bond donors (Lipinski definition) is 2. The van der Waals surface area contributed by atoms with Crippen LogP contribution < -0.4 is 16.4 Å². The van der Waals surface area contributed by atoms with Crippen LogP contribution in [0.2, 0.25) is 0 Å². The van der Waals surface area contributed by atoms with E-state index < -0.39 is 5.91 Å². The molecule has 0 radical (unpaired) electrons. The molecule has 0 fully saturated rings. The molecular weight excluding hydrogens is 230 g/mol. The van der Waals surface area contributed by atoms with E-state index in [1.807, 2.05) is 24.1 Å². The average molecular weight is 243 g/mol. The van der Waals surface area contributed by atoms with E-state index in [4.69, 9.17) is 11.5 Å². The number of amides is 1. The first-order chi connectivity index (χ1) is 8.58. The van der Waals surface area contributed by atoms with E-state index in [9.17, 15) is 4.79 Å². The van der Waals surface area contributed by atoms with Gasteiger partial charge in [0.15, 0.2) is 11.5 Å². The normalized spacial score (nSPS) is 10.1. The lowest BCUT2D eigenvalue weighted by atomic mass is 10.2. The van der Waals surface area contributed by atoms with Crippen molar-refractivity contribution in [3.63, 3.8) is 0 Å². The van der Waals surface area contributed by atoms with Gasteiger partial charge in [-0.05, 0) is 36.4 Å². The van der Waals surface area contributed by atoms with Crippen LogP contribution in [0.4, 0.5) is 17.2 Å². The van der Waals surface area contributed by atoms with Gasteiger partial charge in [0.25, 0.3) is 5.91 Å². The van der Waals surface area contributed by atoms with Crippen molar-refractivity contribution in [3.8, 4) is 0 Å². The highest BCUT2D eigenvalue weighted by molar-refractivity contribution is 5.90. The Balaban J connectivity index is 2.25. The third kappa shape index (κ3) is 2.37. The van der Waals surface area contributed by atoms with Gasteiger partial charge in [-0.2, -0.15) is 0 Å². The number of carbonyl (C=O) groups is 1. The summed E-state index contributed by atoms with van der Waals surface area (Å²) in [6.07, 6.45) is 0. The Hall–Kier alpha value is -2.63. The third-order valence-corrected chi connectivity index (χ3v) is 2.53. The fourth-order valence-electron chi connectivity index (χ4n) is 1.47. The Morgan fingerprint density at radius 2 is 1.78 bits per heavy atom. The lowest BCUT2D eigenvalue weighted by molar-refractivity contribution is 0.0994. The smallest absolute Gasteiger partial charge is 0.269 e. The van der Waals surface area contributed by atoms with Crippen molar-refractivity contribution in [2.75, 3.05) is 17.7 Å². The molecule has 0 spiro atoms. The molecule has 6 heteroatoms. The number of primary amides is 1. The minimum atomic E-state index is -0.593. The third-order valence-electron chi connectivity index (χ3n) is 2.53. The maximum absolute atomic E-state index is 10.9. The lowest BCUT2D eigenvalue weighted by Crippen LogP contribution is -2.16. The second kappa shape index (κ2) is 4.70. The summed E-state index contributed by atoms with van der Waals surface area (Å²) in [4.78, 5) is 12.7. The summed E-state index contributed by atoms with van der Waals surface area (Å²) in [5.74, 6) is 0.0222. The largest absolute Gasteiger partial charge is 0.399 e. The first-order valence-electron chi connectivity index (χ1n) is 5.31. The molecule has 0 aliphatic heterocycles. The second-order valence-corrected chi connectivity index (χ2v) is 3.79. The molecule has 0 saturated carbocycles. The maximum atomic E-state index is 10.9. The standard InChI is InChI=1S/C12H13N5O/c1-17(9-4-2-8(13)3-5-9)11-7-6-10(12(14)18)15-16-11/h2-7H,13H2,1H3,(H2,14,18). The SMILES string of the molecule is CN(c1ccc(N)cc1)c1ccc(C(N)=O)nn1. The molecule has 1 amide bonds. The highest BCUT2D eigenvalue weighted by Gasteiger charge is 2.08. The Kier molecular flexibility index (Phi) is 3.09. The molecule has 1 aromatic heterocycles. The molecule has 4 N–H and O–H groups in total. The lowest BCUT2D eigenvalue weighted by Gasteiger charge is -2.17. The molecule has 0 unspecified atom stereocenters. The van der Waals surface area contributed by atoms with Gasteiger partial charge in [-0.15, -0.1) is 10.2 Å². The Morgan fingerprint density at radius 3 is 2.28 bits per heavy atom. The Labute approximate surface area is 104 Å². The number of aromatic nitrogens is 2. The first kappa shape index (κ1) is 11.8. The van der Waals surface area contributed by atoms with E-state index in [0.29, 0.717) is 11.5 Å². The molecule has 2 rings (SSSR count). The van der Waals surface area contributed by atoms with Gasteiger partial charge in [-0.3, -0.25) is 4.79 Å². The minimum Gasteiger partial charge on any atom is -0.399 e. The number of rotatable bonds is 3. The van der Waals surface area contributed by atoms with Crippen LogP contribution >= 0.6 is 0 Å². The molecule has 92 valence electrons. The van der Waals surface area contributed by atoms with Crippen LogP contribution in [0.15, 0.2) is 36.4 Å². The van der Waals surface area contributed by atoms with Crippen LogP contribution in [0.25, 0.3) is 0 Å². The maximum Gasteiger partial charge on any atom is 0.269 e. The summed E-state index contributed by atoms with van der Waals surface area (Å²) in [6.45, 7) is 0. The Morgan fingerprint density at radius 1 is 1.11 bits per heavy atom. The van der Waals surface area contributed by atoms with E-state index in [0.717, 1.165) is 5.69 Å². The van der Waals surface area contributed by atoms with Crippen LogP contribution in [0.5, 0.6) is 0 Å². The van der Waals surface area contributed by atoms with Gasteiger partial charge in [0.1, 0.15) is 0 Å². The van der Waals surface area contributed by atoms with Crippen molar-refractivity contribution >= 4 is 23.1 Å². The first-order valence-corrected chi connectivity index (χ1v) is 5.31. The number of hydrogen-bond acceptors (Lipinski definition) is 5. The fraction of sp³-hybridized carbons (Fsp3) is 0.0833. The van der Waals surface area contributed by atoms with Crippen molar-refractivity contribution in [2.24, 2.45) is 5.73 Å². The second-order valence-electron chi connectivity index (χ2n) is 3.79. The van der Waals surface area contributed by atoms with Crippen molar-refractivity contribution < 1.29 is 4.79 Å². The quantitative estimate of drug-likeness (QED) is 0.781. The summed E-state index contributed by atoms with van der Waals surface area (Å²) in [7, 11) is 1.85. The number of nitrogen functional groups attached to an aromatic ring is 1. The molecular formula is C12H13N5O. The summed E-state index contributed by atoms with van der Waals surface area (Å²) in [5, 5.41) is 7.69. The van der Waals surface area contributed by atoms with Gasteiger partial charge in [-0.25, -0.2) is 0 Å². The van der Waals surface area contributed by atoms with Crippen molar-refractivity contribution in [1.82, 2.24) is 10.2 Å². The molecule has 0 aliphatic rings. The molecule has 0 bridgehead atoms. The van der Waals surface area contributed by atoms with Crippen LogP contribution in [0.3, 0.4) is 0 Å². The summed E-state index contributed by atoms with van der Waals surface area (Å²) < 4.78 is 0. The topological polar surface area (TPSA) is 98.1 Å². The van der Waals surface area contributed by atoms with Crippen LogP contribution in [0, 0.1) is 0 Å². The van der Waals surface area contributed by atoms with Crippen LogP contribution in [0.1, 0.15) is 10.5 Å². The van der Waals surface area contributed by atoms with Gasteiger partial charge in [0, 0.05) is 18.4 Å². The zero-order valence-electron chi connectivity index (χ0n) is 9.87. The molecule has 0 atom stereocenters.